The van der Waals surface area contributed by atoms with Crippen molar-refractivity contribution < 1.29 is 19.7 Å². The topological polar surface area (TPSA) is 115 Å². The number of hydrogen-bond acceptors (Lipinski definition) is 8. The van der Waals surface area contributed by atoms with E-state index in [1.165, 1.54) is 12.7 Å². The van der Waals surface area contributed by atoms with Crippen LogP contribution in [0.25, 0.3) is 11.2 Å². The van der Waals surface area contributed by atoms with Crippen LogP contribution >= 0.6 is 0 Å². The number of nitrogens with zero attached hydrogens (tertiary/aromatic N) is 4. The van der Waals surface area contributed by atoms with Crippen molar-refractivity contribution in [3.8, 4) is 12.3 Å². The number of rotatable bonds is 5. The van der Waals surface area contributed by atoms with Gasteiger partial charge in [-0.05, 0) is 32.6 Å². The van der Waals surface area contributed by atoms with Crippen LogP contribution in [0.2, 0.25) is 0 Å². The van der Waals surface area contributed by atoms with E-state index < -0.39 is 24.5 Å². The summed E-state index contributed by atoms with van der Waals surface area (Å²) in [7, 11) is 0. The minimum absolute atomic E-state index is 0.293. The molecule has 1 aliphatic heterocycles. The summed E-state index contributed by atoms with van der Waals surface area (Å²) in [4.78, 5) is 13.0. The summed E-state index contributed by atoms with van der Waals surface area (Å²) in [5.74, 6) is 2.98. The Labute approximate surface area is 163 Å². The summed E-state index contributed by atoms with van der Waals surface area (Å²) in [5, 5.41) is 23.8. The number of imidazole rings is 1. The predicted molar refractivity (Wildman–Crippen MR) is 101 cm³/mol. The Morgan fingerprint density at radius 3 is 2.71 bits per heavy atom. The molecule has 9 nitrogen and oxygen atoms in total. The van der Waals surface area contributed by atoms with Gasteiger partial charge in [-0.15, -0.1) is 6.42 Å². The van der Waals surface area contributed by atoms with Crippen molar-refractivity contribution in [2.75, 3.05) is 11.9 Å². The fourth-order valence-corrected chi connectivity index (χ4v) is 3.97. The second-order valence-corrected chi connectivity index (χ2v) is 7.21. The zero-order valence-electron chi connectivity index (χ0n) is 15.7. The van der Waals surface area contributed by atoms with E-state index in [2.05, 4.69) is 26.2 Å². The lowest BCUT2D eigenvalue weighted by Gasteiger charge is -2.29. The van der Waals surface area contributed by atoms with E-state index in [0.29, 0.717) is 29.1 Å². The largest absolute Gasteiger partial charge is 0.386 e. The van der Waals surface area contributed by atoms with Crippen molar-refractivity contribution in [1.29, 1.82) is 0 Å². The first kappa shape index (κ1) is 19.1. The second kappa shape index (κ2) is 8.01. The van der Waals surface area contributed by atoms with Crippen molar-refractivity contribution in [2.24, 2.45) is 0 Å². The number of ether oxygens (including phenoxy) is 2. The minimum atomic E-state index is -1.17. The standard InChI is InChI=1S/C19H25N5O4/c1-3-13-15(25)16(26)19(28-13)24-10-22-14-17(20-9-21-18(14)24)23-11-5-7-12(8-6-11)27-4-2/h1,9-13,15-16,19,25-26H,4-8H2,2H3,(H,20,21,23)/t11-,12-,13-,15-,16-,19-/m1/s1. The lowest BCUT2D eigenvalue weighted by atomic mass is 9.93. The maximum atomic E-state index is 10.3. The molecular formula is C19H25N5O4. The van der Waals surface area contributed by atoms with Crippen LogP contribution in [0.1, 0.15) is 38.8 Å². The summed E-state index contributed by atoms with van der Waals surface area (Å²) in [6, 6.07) is 0.293. The molecule has 0 amide bonds. The molecular weight excluding hydrogens is 362 g/mol. The monoisotopic (exact) mass is 387 g/mol. The average molecular weight is 387 g/mol. The van der Waals surface area contributed by atoms with E-state index in [1.54, 1.807) is 4.57 Å². The van der Waals surface area contributed by atoms with Crippen molar-refractivity contribution in [3.63, 3.8) is 0 Å². The Morgan fingerprint density at radius 2 is 2.04 bits per heavy atom. The molecule has 0 bridgehead atoms. The molecule has 1 saturated carbocycles. The van der Waals surface area contributed by atoms with Gasteiger partial charge in [0.25, 0.3) is 0 Å². The highest BCUT2D eigenvalue weighted by molar-refractivity contribution is 5.82. The molecule has 3 N–H and O–H groups in total. The lowest BCUT2D eigenvalue weighted by Crippen LogP contribution is -2.31. The molecule has 2 aromatic heterocycles. The van der Waals surface area contributed by atoms with Gasteiger partial charge in [-0.1, -0.05) is 5.92 Å². The molecule has 4 rings (SSSR count). The fraction of sp³-hybridized carbons (Fsp3) is 0.632. The zero-order chi connectivity index (χ0) is 19.7. The Hall–Kier alpha value is -2.25. The molecule has 9 heteroatoms. The first-order valence-electron chi connectivity index (χ1n) is 9.65. The molecule has 3 heterocycles. The highest BCUT2D eigenvalue weighted by Gasteiger charge is 2.43. The van der Waals surface area contributed by atoms with Crippen molar-refractivity contribution in [2.45, 2.75) is 69.3 Å². The molecule has 150 valence electrons. The number of hydrogen-bond donors (Lipinski definition) is 3. The van der Waals surface area contributed by atoms with Gasteiger partial charge in [-0.3, -0.25) is 4.57 Å². The molecule has 0 unspecified atom stereocenters. The molecule has 0 spiro atoms. The van der Waals surface area contributed by atoms with Gasteiger partial charge in [0.2, 0.25) is 0 Å². The summed E-state index contributed by atoms with van der Waals surface area (Å²) in [6.07, 6.45) is 8.63. The Morgan fingerprint density at radius 1 is 1.25 bits per heavy atom. The number of aromatic nitrogens is 4. The molecule has 1 aliphatic carbocycles. The first-order valence-corrected chi connectivity index (χ1v) is 9.65. The van der Waals surface area contributed by atoms with Gasteiger partial charge in [-0.2, -0.15) is 0 Å². The van der Waals surface area contributed by atoms with E-state index in [-0.39, 0.29) is 0 Å². The third-order valence-electron chi connectivity index (χ3n) is 5.45. The molecule has 0 aromatic carbocycles. The number of nitrogens with one attached hydrogen (secondary N) is 1. The fourth-order valence-electron chi connectivity index (χ4n) is 3.97. The predicted octanol–water partition coefficient (Wildman–Crippen LogP) is 0.838. The van der Waals surface area contributed by atoms with E-state index in [0.717, 1.165) is 32.3 Å². The van der Waals surface area contributed by atoms with Gasteiger partial charge in [0, 0.05) is 12.6 Å². The van der Waals surface area contributed by atoms with Crippen molar-refractivity contribution in [1.82, 2.24) is 19.5 Å². The van der Waals surface area contributed by atoms with Gasteiger partial charge in [0.15, 0.2) is 23.2 Å². The second-order valence-electron chi connectivity index (χ2n) is 7.21. The van der Waals surface area contributed by atoms with E-state index >= 15 is 0 Å². The molecule has 2 fully saturated rings. The summed E-state index contributed by atoms with van der Waals surface area (Å²) in [6.45, 7) is 2.77. The Kier molecular flexibility index (Phi) is 5.46. The number of anilines is 1. The van der Waals surface area contributed by atoms with Crippen molar-refractivity contribution in [3.05, 3.63) is 12.7 Å². The Balaban J connectivity index is 1.52. The molecule has 28 heavy (non-hydrogen) atoms. The van der Waals surface area contributed by atoms with Gasteiger partial charge in [0.1, 0.15) is 24.6 Å². The van der Waals surface area contributed by atoms with Crippen LogP contribution in [0.15, 0.2) is 12.7 Å². The van der Waals surface area contributed by atoms with Crippen LogP contribution in [-0.4, -0.2) is 66.8 Å². The van der Waals surface area contributed by atoms with E-state index in [9.17, 15) is 10.2 Å². The van der Waals surface area contributed by atoms with Crippen LogP contribution < -0.4 is 5.32 Å². The summed E-state index contributed by atoms with van der Waals surface area (Å²) in [5.41, 5.74) is 1.10. The minimum Gasteiger partial charge on any atom is -0.386 e. The maximum absolute atomic E-state index is 10.3. The normalized spacial score (nSPS) is 33.1. The SMILES string of the molecule is C#C[C@H]1O[C@@H](n2cnc3c(N[C@H]4CC[C@H](OCC)CC4)ncnc32)[C@H](O)[C@@H]1O. The van der Waals surface area contributed by atoms with Crippen molar-refractivity contribution >= 4 is 17.0 Å². The highest BCUT2D eigenvalue weighted by atomic mass is 16.6. The number of aliphatic hydroxyl groups excluding tert-OH is 2. The molecule has 2 aliphatic rings. The molecule has 4 atom stereocenters. The van der Waals surface area contributed by atoms with E-state index in [1.807, 2.05) is 6.92 Å². The lowest BCUT2D eigenvalue weighted by molar-refractivity contribution is -0.0230. The smallest absolute Gasteiger partial charge is 0.167 e. The first-order chi connectivity index (χ1) is 13.6. The van der Waals surface area contributed by atoms with Gasteiger partial charge >= 0.3 is 0 Å². The zero-order valence-corrected chi connectivity index (χ0v) is 15.7. The van der Waals surface area contributed by atoms with Gasteiger partial charge in [0.05, 0.1) is 12.4 Å². The van der Waals surface area contributed by atoms with Crippen LogP contribution in [-0.2, 0) is 9.47 Å². The van der Waals surface area contributed by atoms with Crippen LogP contribution in [0.5, 0.6) is 0 Å². The molecule has 1 saturated heterocycles. The van der Waals surface area contributed by atoms with Gasteiger partial charge < -0.3 is 25.0 Å². The van der Waals surface area contributed by atoms with E-state index in [4.69, 9.17) is 15.9 Å². The molecule has 0 radical (unpaired) electrons. The van der Waals surface area contributed by atoms with Crippen LogP contribution in [0, 0.1) is 12.3 Å². The Bertz CT molecular complexity index is 858. The number of aliphatic hydroxyl groups is 2. The van der Waals surface area contributed by atoms with Gasteiger partial charge in [-0.25, -0.2) is 15.0 Å². The maximum Gasteiger partial charge on any atom is 0.167 e. The quantitative estimate of drug-likeness (QED) is 0.647. The number of fused-ring (bicyclic) bond motifs is 1. The average Bonchev–Trinajstić information content (AvgIpc) is 3.26. The summed E-state index contributed by atoms with van der Waals surface area (Å²) < 4.78 is 12.9. The number of terminal acetylenes is 1. The van der Waals surface area contributed by atoms with Crippen LogP contribution in [0.4, 0.5) is 5.82 Å². The highest BCUT2D eigenvalue weighted by Crippen LogP contribution is 2.32. The van der Waals surface area contributed by atoms with Crippen LogP contribution in [0.3, 0.4) is 0 Å². The molecule has 2 aromatic rings. The third kappa shape index (κ3) is 3.44. The summed E-state index contributed by atoms with van der Waals surface area (Å²) >= 11 is 0. The third-order valence-corrected chi connectivity index (χ3v) is 5.45.